The van der Waals surface area contributed by atoms with E-state index in [1.165, 1.54) is 10.4 Å². The maximum absolute atomic E-state index is 5.57. The average molecular weight is 205 g/mol. The Morgan fingerprint density at radius 2 is 2.07 bits per heavy atom. The minimum atomic E-state index is 0.332. The van der Waals surface area contributed by atoms with E-state index in [4.69, 9.17) is 5.73 Å². The van der Waals surface area contributed by atoms with Gasteiger partial charge < -0.3 is 5.73 Å². The number of aromatic nitrogens is 2. The van der Waals surface area contributed by atoms with Gasteiger partial charge in [-0.05, 0) is 36.4 Å². The van der Waals surface area contributed by atoms with Crippen molar-refractivity contribution in [2.75, 3.05) is 5.73 Å². The molecule has 0 aliphatic heterocycles. The molecule has 3 nitrogen and oxygen atoms in total. The molecule has 0 spiro atoms. The molecule has 0 saturated carbocycles. The fraction of sp³-hybridized carbons (Fsp3) is 0.200. The molecule has 2 rings (SSSR count). The van der Waals surface area contributed by atoms with Crippen LogP contribution in [-0.4, -0.2) is 9.97 Å². The van der Waals surface area contributed by atoms with Crippen molar-refractivity contribution in [1.29, 1.82) is 0 Å². The summed E-state index contributed by atoms with van der Waals surface area (Å²) in [5.41, 5.74) is 8.81. The van der Waals surface area contributed by atoms with E-state index >= 15 is 0 Å². The van der Waals surface area contributed by atoms with Crippen molar-refractivity contribution in [2.45, 2.75) is 13.8 Å². The average Bonchev–Trinajstić information content (AvgIpc) is 2.56. The van der Waals surface area contributed by atoms with Gasteiger partial charge in [-0.1, -0.05) is 0 Å². The Kier molecular flexibility index (Phi) is 2.21. The molecular weight excluding hydrogens is 194 g/mol. The first kappa shape index (κ1) is 9.15. The van der Waals surface area contributed by atoms with Crippen molar-refractivity contribution in [1.82, 2.24) is 9.97 Å². The van der Waals surface area contributed by atoms with Gasteiger partial charge in [0, 0.05) is 6.20 Å². The molecule has 0 bridgehead atoms. The summed E-state index contributed by atoms with van der Waals surface area (Å²) in [5, 5.41) is 2.06. The van der Waals surface area contributed by atoms with Crippen LogP contribution < -0.4 is 5.73 Å². The Morgan fingerprint density at radius 1 is 1.29 bits per heavy atom. The van der Waals surface area contributed by atoms with Crippen LogP contribution in [0.3, 0.4) is 0 Å². The third kappa shape index (κ3) is 1.48. The molecule has 2 aromatic rings. The molecule has 0 aliphatic rings. The number of anilines is 1. The maximum atomic E-state index is 5.57. The van der Waals surface area contributed by atoms with Gasteiger partial charge in [0.05, 0.1) is 10.6 Å². The first-order chi connectivity index (χ1) is 6.68. The lowest BCUT2D eigenvalue weighted by atomic mass is 10.2. The number of aryl methyl sites for hydroxylation is 2. The quantitative estimate of drug-likeness (QED) is 0.777. The van der Waals surface area contributed by atoms with E-state index in [0.717, 1.165) is 11.3 Å². The third-order valence-electron chi connectivity index (χ3n) is 2.07. The van der Waals surface area contributed by atoms with E-state index in [9.17, 15) is 0 Å². The first-order valence-corrected chi connectivity index (χ1v) is 5.20. The normalized spacial score (nSPS) is 10.4. The highest BCUT2D eigenvalue weighted by Gasteiger charge is 2.08. The summed E-state index contributed by atoms with van der Waals surface area (Å²) in [6.45, 7) is 4.07. The van der Waals surface area contributed by atoms with Gasteiger partial charge in [0.25, 0.3) is 0 Å². The molecule has 72 valence electrons. The van der Waals surface area contributed by atoms with Crippen molar-refractivity contribution >= 4 is 17.3 Å². The predicted molar refractivity (Wildman–Crippen MR) is 59.2 cm³/mol. The molecule has 4 heteroatoms. The van der Waals surface area contributed by atoms with E-state index in [0.29, 0.717) is 5.95 Å². The molecule has 2 heterocycles. The van der Waals surface area contributed by atoms with E-state index in [1.807, 2.05) is 6.92 Å². The van der Waals surface area contributed by atoms with Crippen molar-refractivity contribution in [2.24, 2.45) is 0 Å². The molecule has 2 aromatic heterocycles. The standard InChI is InChI=1S/C10H11N3S/c1-6-3-4-14-9(6)8-7(2)5-12-10(11)13-8/h3-5H,1-2H3,(H2,11,12,13). The Bertz CT molecular complexity index is 462. The summed E-state index contributed by atoms with van der Waals surface area (Å²) < 4.78 is 0. The molecule has 0 atom stereocenters. The topological polar surface area (TPSA) is 51.8 Å². The number of nitrogens with zero attached hydrogens (tertiary/aromatic N) is 2. The Balaban J connectivity index is 2.62. The molecule has 0 unspecified atom stereocenters. The van der Waals surface area contributed by atoms with Gasteiger partial charge in [-0.3, -0.25) is 0 Å². The lowest BCUT2D eigenvalue weighted by molar-refractivity contribution is 1.15. The van der Waals surface area contributed by atoms with Crippen LogP contribution in [0, 0.1) is 13.8 Å². The molecule has 0 saturated heterocycles. The van der Waals surface area contributed by atoms with Crippen LogP contribution in [0.5, 0.6) is 0 Å². The van der Waals surface area contributed by atoms with Gasteiger partial charge in [0.15, 0.2) is 0 Å². The number of nitrogens with two attached hydrogens (primary N) is 1. The smallest absolute Gasteiger partial charge is 0.220 e. The highest BCUT2D eigenvalue weighted by atomic mass is 32.1. The van der Waals surface area contributed by atoms with Crippen molar-refractivity contribution in [3.63, 3.8) is 0 Å². The van der Waals surface area contributed by atoms with Crippen LogP contribution in [0.25, 0.3) is 10.6 Å². The minimum Gasteiger partial charge on any atom is -0.368 e. The summed E-state index contributed by atoms with van der Waals surface area (Å²) in [4.78, 5) is 9.38. The zero-order valence-electron chi connectivity index (χ0n) is 8.11. The molecule has 0 aliphatic carbocycles. The third-order valence-corrected chi connectivity index (χ3v) is 3.09. The molecule has 2 N–H and O–H groups in total. The Morgan fingerprint density at radius 3 is 2.71 bits per heavy atom. The number of hydrogen-bond acceptors (Lipinski definition) is 4. The molecule has 0 fully saturated rings. The summed E-state index contributed by atoms with van der Waals surface area (Å²) >= 11 is 1.68. The lowest BCUT2D eigenvalue weighted by Crippen LogP contribution is -1.97. The van der Waals surface area contributed by atoms with Crippen LogP contribution in [0.1, 0.15) is 11.1 Å². The molecule has 0 amide bonds. The van der Waals surface area contributed by atoms with Crippen LogP contribution in [0.4, 0.5) is 5.95 Å². The number of rotatable bonds is 1. The van der Waals surface area contributed by atoms with E-state index in [1.54, 1.807) is 17.5 Å². The van der Waals surface area contributed by atoms with Gasteiger partial charge in [-0.25, -0.2) is 9.97 Å². The van der Waals surface area contributed by atoms with Crippen LogP contribution in [-0.2, 0) is 0 Å². The summed E-state index contributed by atoms with van der Waals surface area (Å²) in [6.07, 6.45) is 1.76. The zero-order valence-corrected chi connectivity index (χ0v) is 8.93. The zero-order chi connectivity index (χ0) is 10.1. The Hall–Kier alpha value is -1.42. The van der Waals surface area contributed by atoms with Gasteiger partial charge in [-0.2, -0.15) is 0 Å². The SMILES string of the molecule is Cc1cnc(N)nc1-c1sccc1C. The molecule has 14 heavy (non-hydrogen) atoms. The maximum Gasteiger partial charge on any atom is 0.220 e. The van der Waals surface area contributed by atoms with E-state index < -0.39 is 0 Å². The van der Waals surface area contributed by atoms with Gasteiger partial charge in [0.2, 0.25) is 5.95 Å². The fourth-order valence-electron chi connectivity index (χ4n) is 1.30. The van der Waals surface area contributed by atoms with E-state index in [2.05, 4.69) is 28.3 Å². The number of nitrogen functional groups attached to an aromatic ring is 1. The van der Waals surface area contributed by atoms with Gasteiger partial charge in [0.1, 0.15) is 0 Å². The van der Waals surface area contributed by atoms with Crippen LogP contribution in [0.2, 0.25) is 0 Å². The Labute approximate surface area is 86.6 Å². The second kappa shape index (κ2) is 3.38. The fourth-order valence-corrected chi connectivity index (χ4v) is 2.28. The number of hydrogen-bond donors (Lipinski definition) is 1. The monoisotopic (exact) mass is 205 g/mol. The predicted octanol–water partition coefficient (Wildman–Crippen LogP) is 2.40. The van der Waals surface area contributed by atoms with Gasteiger partial charge >= 0.3 is 0 Å². The molecule has 0 radical (unpaired) electrons. The highest BCUT2D eigenvalue weighted by Crippen LogP contribution is 2.29. The summed E-state index contributed by atoms with van der Waals surface area (Å²) in [7, 11) is 0. The molecule has 0 aromatic carbocycles. The largest absolute Gasteiger partial charge is 0.368 e. The number of thiophene rings is 1. The van der Waals surface area contributed by atoms with Crippen molar-refractivity contribution in [3.8, 4) is 10.6 Å². The second-order valence-corrected chi connectivity index (χ2v) is 4.11. The lowest BCUT2D eigenvalue weighted by Gasteiger charge is -2.03. The van der Waals surface area contributed by atoms with Crippen LogP contribution >= 0.6 is 11.3 Å². The van der Waals surface area contributed by atoms with Crippen LogP contribution in [0.15, 0.2) is 17.6 Å². The first-order valence-electron chi connectivity index (χ1n) is 4.32. The van der Waals surface area contributed by atoms with Crippen molar-refractivity contribution in [3.05, 3.63) is 28.8 Å². The van der Waals surface area contributed by atoms with Crippen molar-refractivity contribution < 1.29 is 0 Å². The minimum absolute atomic E-state index is 0.332. The highest BCUT2D eigenvalue weighted by molar-refractivity contribution is 7.13. The second-order valence-electron chi connectivity index (χ2n) is 3.19. The summed E-state index contributed by atoms with van der Waals surface area (Å²) in [6, 6.07) is 2.08. The van der Waals surface area contributed by atoms with Gasteiger partial charge in [-0.15, -0.1) is 11.3 Å². The van der Waals surface area contributed by atoms with E-state index in [-0.39, 0.29) is 0 Å². The summed E-state index contributed by atoms with van der Waals surface area (Å²) in [5.74, 6) is 0.332. The molecular formula is C10H11N3S.